The van der Waals surface area contributed by atoms with Crippen molar-refractivity contribution in [2.24, 2.45) is 0 Å². The number of hydrogen-bond acceptors (Lipinski definition) is 5. The molecule has 2 aromatic heterocycles. The highest BCUT2D eigenvalue weighted by Crippen LogP contribution is 2.30. The van der Waals surface area contributed by atoms with Crippen LogP contribution in [0.25, 0.3) is 10.2 Å². The summed E-state index contributed by atoms with van der Waals surface area (Å²) in [5.41, 5.74) is 0.981. The Morgan fingerprint density at radius 1 is 1.10 bits per heavy atom. The molecule has 5 heteroatoms. The van der Waals surface area contributed by atoms with E-state index in [9.17, 15) is 0 Å². The molecule has 0 atom stereocenters. The predicted octanol–water partition coefficient (Wildman–Crippen LogP) is 4.06. The van der Waals surface area contributed by atoms with Gasteiger partial charge in [-0.25, -0.2) is 9.97 Å². The van der Waals surface area contributed by atoms with Crippen LogP contribution in [0.3, 0.4) is 0 Å². The number of fused-ring (bicyclic) bond motifs is 1. The van der Waals surface area contributed by atoms with Crippen LogP contribution in [-0.4, -0.2) is 17.1 Å². The van der Waals surface area contributed by atoms with Gasteiger partial charge in [0.2, 0.25) is 0 Å². The fourth-order valence-corrected chi connectivity index (χ4v) is 2.98. The second-order valence-electron chi connectivity index (χ2n) is 4.55. The van der Waals surface area contributed by atoms with Crippen LogP contribution in [0.1, 0.15) is 10.7 Å². The molecule has 102 valence electrons. The molecular formula is C15H15N3OS. The lowest BCUT2D eigenvalue weighted by atomic mass is 10.3. The van der Waals surface area contributed by atoms with Crippen molar-refractivity contribution < 1.29 is 4.74 Å². The number of methoxy groups -OCH3 is 1. The number of aromatic nitrogens is 2. The molecule has 3 aromatic rings. The molecule has 0 saturated heterocycles. The Morgan fingerprint density at radius 2 is 1.85 bits per heavy atom. The van der Waals surface area contributed by atoms with Crippen LogP contribution in [0.15, 0.2) is 30.3 Å². The minimum atomic E-state index is 0.773. The Kier molecular flexibility index (Phi) is 3.28. The number of anilines is 2. The maximum atomic E-state index is 5.16. The van der Waals surface area contributed by atoms with Gasteiger partial charge in [0.05, 0.1) is 12.5 Å². The number of ether oxygens (including phenoxy) is 1. The lowest BCUT2D eigenvalue weighted by Crippen LogP contribution is -1.97. The summed E-state index contributed by atoms with van der Waals surface area (Å²) in [5, 5.41) is 4.42. The molecule has 0 spiro atoms. The SMILES string of the molecule is COc1ccc(Nc2nc(C)nc3sc(C)cc23)cc1. The number of nitrogens with one attached hydrogen (secondary N) is 1. The molecule has 0 aliphatic rings. The zero-order valence-electron chi connectivity index (χ0n) is 11.6. The molecule has 0 saturated carbocycles. The topological polar surface area (TPSA) is 47.0 Å². The summed E-state index contributed by atoms with van der Waals surface area (Å²) in [5.74, 6) is 2.46. The van der Waals surface area contributed by atoms with E-state index in [2.05, 4.69) is 28.3 Å². The Balaban J connectivity index is 2.00. The van der Waals surface area contributed by atoms with E-state index in [0.29, 0.717) is 0 Å². The van der Waals surface area contributed by atoms with E-state index in [-0.39, 0.29) is 0 Å². The van der Waals surface area contributed by atoms with Crippen LogP contribution in [-0.2, 0) is 0 Å². The van der Waals surface area contributed by atoms with Gasteiger partial charge in [0, 0.05) is 10.6 Å². The zero-order chi connectivity index (χ0) is 14.1. The fourth-order valence-electron chi connectivity index (χ4n) is 2.05. The molecular weight excluding hydrogens is 270 g/mol. The number of benzene rings is 1. The third-order valence-corrected chi connectivity index (χ3v) is 3.92. The monoisotopic (exact) mass is 285 g/mol. The average Bonchev–Trinajstić information content (AvgIpc) is 2.80. The van der Waals surface area contributed by atoms with Crippen molar-refractivity contribution >= 4 is 33.1 Å². The lowest BCUT2D eigenvalue weighted by molar-refractivity contribution is 0.415. The number of thiophene rings is 1. The Morgan fingerprint density at radius 3 is 2.55 bits per heavy atom. The quantitative estimate of drug-likeness (QED) is 0.788. The molecule has 0 unspecified atom stereocenters. The van der Waals surface area contributed by atoms with E-state index >= 15 is 0 Å². The van der Waals surface area contributed by atoms with Gasteiger partial charge >= 0.3 is 0 Å². The van der Waals surface area contributed by atoms with Crippen molar-refractivity contribution in [1.82, 2.24) is 9.97 Å². The smallest absolute Gasteiger partial charge is 0.142 e. The molecule has 0 fully saturated rings. The first kappa shape index (κ1) is 12.9. The van der Waals surface area contributed by atoms with Gasteiger partial charge in [0.1, 0.15) is 22.2 Å². The van der Waals surface area contributed by atoms with Crippen LogP contribution >= 0.6 is 11.3 Å². The van der Waals surface area contributed by atoms with Crippen molar-refractivity contribution in [2.75, 3.05) is 12.4 Å². The van der Waals surface area contributed by atoms with Gasteiger partial charge in [-0.15, -0.1) is 11.3 Å². The van der Waals surface area contributed by atoms with Gasteiger partial charge in [0.15, 0.2) is 0 Å². The average molecular weight is 285 g/mol. The number of rotatable bonds is 3. The number of aryl methyl sites for hydroxylation is 2. The lowest BCUT2D eigenvalue weighted by Gasteiger charge is -2.08. The van der Waals surface area contributed by atoms with Gasteiger partial charge in [-0.05, 0) is 44.2 Å². The molecule has 1 N–H and O–H groups in total. The summed E-state index contributed by atoms with van der Waals surface area (Å²) in [4.78, 5) is 11.2. The van der Waals surface area contributed by atoms with E-state index < -0.39 is 0 Å². The standard InChI is InChI=1S/C15H15N3OS/c1-9-8-13-14(16-10(2)17-15(13)20-9)18-11-4-6-12(19-3)7-5-11/h4-8H,1-3H3,(H,16,17,18). The van der Waals surface area contributed by atoms with Gasteiger partial charge in [-0.3, -0.25) is 0 Å². The van der Waals surface area contributed by atoms with E-state index in [1.807, 2.05) is 31.2 Å². The molecule has 4 nitrogen and oxygen atoms in total. The second-order valence-corrected chi connectivity index (χ2v) is 5.78. The van der Waals surface area contributed by atoms with Crippen LogP contribution in [0, 0.1) is 13.8 Å². The highest BCUT2D eigenvalue weighted by molar-refractivity contribution is 7.18. The Hall–Kier alpha value is -2.14. The normalized spacial score (nSPS) is 10.8. The molecule has 3 rings (SSSR count). The van der Waals surface area contributed by atoms with Crippen molar-refractivity contribution in [3.63, 3.8) is 0 Å². The van der Waals surface area contributed by atoms with Crippen LogP contribution < -0.4 is 10.1 Å². The van der Waals surface area contributed by atoms with Crippen LogP contribution in [0.2, 0.25) is 0 Å². The summed E-state index contributed by atoms with van der Waals surface area (Å²) in [6, 6.07) is 9.91. The number of hydrogen-bond donors (Lipinski definition) is 1. The van der Waals surface area contributed by atoms with Crippen LogP contribution in [0.5, 0.6) is 5.75 Å². The Bertz CT molecular complexity index is 750. The third kappa shape index (κ3) is 2.44. The minimum absolute atomic E-state index is 0.773. The van der Waals surface area contributed by atoms with Crippen molar-refractivity contribution in [2.45, 2.75) is 13.8 Å². The van der Waals surface area contributed by atoms with Crippen molar-refractivity contribution in [3.8, 4) is 5.75 Å². The van der Waals surface area contributed by atoms with E-state index in [1.54, 1.807) is 18.4 Å². The maximum absolute atomic E-state index is 5.16. The second kappa shape index (κ2) is 5.09. The number of nitrogens with zero attached hydrogens (tertiary/aromatic N) is 2. The van der Waals surface area contributed by atoms with E-state index in [0.717, 1.165) is 33.3 Å². The summed E-state index contributed by atoms with van der Waals surface area (Å²) >= 11 is 1.69. The van der Waals surface area contributed by atoms with Gasteiger partial charge in [-0.2, -0.15) is 0 Å². The van der Waals surface area contributed by atoms with Crippen molar-refractivity contribution in [1.29, 1.82) is 0 Å². The first-order valence-corrected chi connectivity index (χ1v) is 7.13. The molecule has 20 heavy (non-hydrogen) atoms. The summed E-state index contributed by atoms with van der Waals surface area (Å²) in [6.45, 7) is 3.99. The molecule has 0 bridgehead atoms. The van der Waals surface area contributed by atoms with E-state index in [4.69, 9.17) is 4.74 Å². The highest BCUT2D eigenvalue weighted by atomic mass is 32.1. The third-order valence-electron chi connectivity index (χ3n) is 2.98. The first-order chi connectivity index (χ1) is 9.65. The van der Waals surface area contributed by atoms with Gasteiger partial charge < -0.3 is 10.1 Å². The molecule has 0 amide bonds. The molecule has 0 aliphatic heterocycles. The molecule has 0 aliphatic carbocycles. The maximum Gasteiger partial charge on any atom is 0.142 e. The summed E-state index contributed by atoms with van der Waals surface area (Å²) < 4.78 is 5.16. The predicted molar refractivity (Wildman–Crippen MR) is 83.2 cm³/mol. The van der Waals surface area contributed by atoms with Gasteiger partial charge in [0.25, 0.3) is 0 Å². The van der Waals surface area contributed by atoms with E-state index in [1.165, 1.54) is 4.88 Å². The highest BCUT2D eigenvalue weighted by Gasteiger charge is 2.09. The fraction of sp³-hybridized carbons (Fsp3) is 0.200. The largest absolute Gasteiger partial charge is 0.497 e. The Labute approximate surface area is 121 Å². The zero-order valence-corrected chi connectivity index (χ0v) is 12.4. The molecule has 1 aromatic carbocycles. The first-order valence-electron chi connectivity index (χ1n) is 6.31. The minimum Gasteiger partial charge on any atom is -0.497 e. The summed E-state index contributed by atoms with van der Waals surface area (Å²) in [6.07, 6.45) is 0. The van der Waals surface area contributed by atoms with Crippen LogP contribution in [0.4, 0.5) is 11.5 Å². The van der Waals surface area contributed by atoms with Gasteiger partial charge in [-0.1, -0.05) is 0 Å². The van der Waals surface area contributed by atoms with Crippen molar-refractivity contribution in [3.05, 3.63) is 41.0 Å². The summed E-state index contributed by atoms with van der Waals surface area (Å²) in [7, 11) is 1.66. The molecule has 0 radical (unpaired) electrons. The molecule has 2 heterocycles.